The van der Waals surface area contributed by atoms with Gasteiger partial charge in [0, 0.05) is 30.7 Å². The summed E-state index contributed by atoms with van der Waals surface area (Å²) < 4.78 is 26.8. The highest BCUT2D eigenvalue weighted by atomic mass is 35.5. The molecule has 2 aromatic carbocycles. The van der Waals surface area contributed by atoms with E-state index in [4.69, 9.17) is 11.6 Å². The lowest BCUT2D eigenvalue weighted by molar-refractivity contribution is -0.116. The van der Waals surface area contributed by atoms with Crippen LogP contribution in [0.15, 0.2) is 47.4 Å². The second-order valence-corrected chi connectivity index (χ2v) is 8.24. The molecule has 24 heavy (non-hydrogen) atoms. The van der Waals surface area contributed by atoms with Crippen LogP contribution in [0.4, 0.5) is 5.69 Å². The summed E-state index contributed by atoms with van der Waals surface area (Å²) in [6, 6.07) is 11.9. The number of nitrogens with zero attached hydrogens (tertiary/aromatic N) is 1. The number of sulfonamides is 1. The summed E-state index contributed by atoms with van der Waals surface area (Å²) in [4.78, 5) is 11.6. The minimum atomic E-state index is -3.61. The molecule has 1 amide bonds. The maximum Gasteiger partial charge on any atom is 0.243 e. The predicted molar refractivity (Wildman–Crippen MR) is 93.5 cm³/mol. The number of aryl methyl sites for hydroxylation is 1. The van der Waals surface area contributed by atoms with Gasteiger partial charge in [-0.2, -0.15) is 4.31 Å². The molecular weight excluding hydrogens is 348 g/mol. The fraction of sp³-hybridized carbons (Fsp3) is 0.235. The lowest BCUT2D eigenvalue weighted by Crippen LogP contribution is -2.27. The zero-order valence-electron chi connectivity index (χ0n) is 13.1. The van der Waals surface area contributed by atoms with Crippen LogP contribution >= 0.6 is 11.6 Å². The van der Waals surface area contributed by atoms with Crippen LogP contribution in [-0.4, -0.2) is 25.7 Å². The van der Waals surface area contributed by atoms with Crippen LogP contribution in [0.1, 0.15) is 17.5 Å². The third-order valence-corrected chi connectivity index (χ3v) is 6.05. The van der Waals surface area contributed by atoms with E-state index < -0.39 is 10.0 Å². The average molecular weight is 365 g/mol. The maximum atomic E-state index is 12.8. The van der Waals surface area contributed by atoms with Crippen molar-refractivity contribution in [3.8, 4) is 0 Å². The van der Waals surface area contributed by atoms with Crippen LogP contribution in [0.5, 0.6) is 0 Å². The van der Waals surface area contributed by atoms with E-state index in [9.17, 15) is 13.2 Å². The number of nitrogens with one attached hydrogen (secondary N) is 1. The largest absolute Gasteiger partial charge is 0.326 e. The number of halogens is 1. The molecule has 0 aliphatic carbocycles. The molecule has 3 rings (SSSR count). The summed E-state index contributed by atoms with van der Waals surface area (Å²) in [5.74, 6) is -0.0436. The van der Waals surface area contributed by atoms with Crippen LogP contribution in [0.3, 0.4) is 0 Å². The first-order chi connectivity index (χ1) is 11.4. The standard InChI is InChI=1S/C17H17ClN2O3S/c1-20(11-12-2-5-14(18)6-3-12)24(22,23)15-7-8-16-13(10-15)4-9-17(21)19-16/h2-3,5-8,10H,4,9,11H2,1H3,(H,19,21). The van der Waals surface area contributed by atoms with Gasteiger partial charge >= 0.3 is 0 Å². The van der Waals surface area contributed by atoms with Gasteiger partial charge in [0.1, 0.15) is 0 Å². The van der Waals surface area contributed by atoms with Gasteiger partial charge in [-0.1, -0.05) is 23.7 Å². The Bertz CT molecular complexity index is 879. The van der Waals surface area contributed by atoms with E-state index in [0.717, 1.165) is 11.1 Å². The Morgan fingerprint density at radius 1 is 1.12 bits per heavy atom. The molecule has 7 heteroatoms. The van der Waals surface area contributed by atoms with Crippen molar-refractivity contribution in [2.75, 3.05) is 12.4 Å². The van der Waals surface area contributed by atoms with Gasteiger partial charge in [0.05, 0.1) is 4.90 Å². The molecule has 0 bridgehead atoms. The SMILES string of the molecule is CN(Cc1ccc(Cl)cc1)S(=O)(=O)c1ccc2c(c1)CCC(=O)N2. The molecule has 0 saturated heterocycles. The van der Waals surface area contributed by atoms with Crippen LogP contribution in [0.2, 0.25) is 5.02 Å². The zero-order chi connectivity index (χ0) is 17.3. The van der Waals surface area contributed by atoms with Crippen molar-refractivity contribution in [2.45, 2.75) is 24.3 Å². The Balaban J connectivity index is 1.84. The molecular formula is C17H17ClN2O3S. The summed E-state index contributed by atoms with van der Waals surface area (Å²) in [6.45, 7) is 0.257. The third kappa shape index (κ3) is 3.45. The van der Waals surface area contributed by atoms with Gasteiger partial charge in [-0.05, 0) is 47.9 Å². The summed E-state index contributed by atoms with van der Waals surface area (Å²) in [5, 5.41) is 3.37. The van der Waals surface area contributed by atoms with Crippen LogP contribution in [0, 0.1) is 0 Å². The molecule has 5 nitrogen and oxygen atoms in total. The van der Waals surface area contributed by atoms with Crippen molar-refractivity contribution in [2.24, 2.45) is 0 Å². The quantitative estimate of drug-likeness (QED) is 0.906. The molecule has 0 spiro atoms. The van der Waals surface area contributed by atoms with Crippen molar-refractivity contribution in [1.29, 1.82) is 0 Å². The van der Waals surface area contributed by atoms with Crippen molar-refractivity contribution in [3.05, 3.63) is 58.6 Å². The lowest BCUT2D eigenvalue weighted by Gasteiger charge is -2.21. The molecule has 0 radical (unpaired) electrons. The first kappa shape index (κ1) is 17.0. The fourth-order valence-corrected chi connectivity index (χ4v) is 3.97. The van der Waals surface area contributed by atoms with E-state index in [1.165, 1.54) is 10.4 Å². The molecule has 0 saturated carbocycles. The van der Waals surface area contributed by atoms with Gasteiger partial charge in [0.2, 0.25) is 15.9 Å². The second-order valence-electron chi connectivity index (χ2n) is 5.75. The van der Waals surface area contributed by atoms with Crippen LogP contribution < -0.4 is 5.32 Å². The van der Waals surface area contributed by atoms with E-state index in [-0.39, 0.29) is 17.3 Å². The Kier molecular flexibility index (Phi) is 4.62. The summed E-state index contributed by atoms with van der Waals surface area (Å²) in [7, 11) is -2.06. The monoisotopic (exact) mass is 364 g/mol. The molecule has 1 heterocycles. The molecule has 0 atom stereocenters. The molecule has 2 aromatic rings. The maximum absolute atomic E-state index is 12.8. The number of fused-ring (bicyclic) bond motifs is 1. The van der Waals surface area contributed by atoms with Crippen LogP contribution in [-0.2, 0) is 27.8 Å². The van der Waals surface area contributed by atoms with Gasteiger partial charge in [0.15, 0.2) is 0 Å². The highest BCUT2D eigenvalue weighted by Gasteiger charge is 2.23. The van der Waals surface area contributed by atoms with Crippen molar-refractivity contribution < 1.29 is 13.2 Å². The molecule has 0 aromatic heterocycles. The van der Waals surface area contributed by atoms with E-state index in [1.807, 2.05) is 0 Å². The van der Waals surface area contributed by atoms with E-state index in [2.05, 4.69) is 5.32 Å². The molecule has 0 unspecified atom stereocenters. The van der Waals surface area contributed by atoms with Crippen molar-refractivity contribution in [3.63, 3.8) is 0 Å². The van der Waals surface area contributed by atoms with Gasteiger partial charge in [-0.25, -0.2) is 8.42 Å². The van der Waals surface area contributed by atoms with Gasteiger partial charge < -0.3 is 5.32 Å². The molecule has 1 aliphatic heterocycles. The highest BCUT2D eigenvalue weighted by molar-refractivity contribution is 7.89. The van der Waals surface area contributed by atoms with Crippen LogP contribution in [0.25, 0.3) is 0 Å². The Morgan fingerprint density at radius 3 is 2.54 bits per heavy atom. The lowest BCUT2D eigenvalue weighted by atomic mass is 10.0. The number of rotatable bonds is 4. The first-order valence-corrected chi connectivity index (χ1v) is 9.31. The Hall–Kier alpha value is -1.89. The van der Waals surface area contributed by atoms with Gasteiger partial charge in [0.25, 0.3) is 0 Å². The Labute approximate surface area is 146 Å². The third-order valence-electron chi connectivity index (χ3n) is 4.00. The second kappa shape index (κ2) is 6.55. The predicted octanol–water partition coefficient (Wildman–Crippen LogP) is 3.05. The van der Waals surface area contributed by atoms with E-state index in [1.54, 1.807) is 43.4 Å². The molecule has 0 fully saturated rings. The fourth-order valence-electron chi connectivity index (χ4n) is 2.63. The summed E-state index contributed by atoms with van der Waals surface area (Å²) in [5.41, 5.74) is 2.39. The van der Waals surface area contributed by atoms with Gasteiger partial charge in [-0.15, -0.1) is 0 Å². The normalized spacial score (nSPS) is 14.4. The molecule has 1 aliphatic rings. The van der Waals surface area contributed by atoms with Crippen molar-refractivity contribution in [1.82, 2.24) is 4.31 Å². The van der Waals surface area contributed by atoms with E-state index >= 15 is 0 Å². The number of hydrogen-bond acceptors (Lipinski definition) is 3. The highest BCUT2D eigenvalue weighted by Crippen LogP contribution is 2.27. The van der Waals surface area contributed by atoms with E-state index in [0.29, 0.717) is 23.6 Å². The number of carbonyl (C=O) groups excluding carboxylic acids is 1. The number of hydrogen-bond donors (Lipinski definition) is 1. The number of amides is 1. The molecule has 126 valence electrons. The minimum Gasteiger partial charge on any atom is -0.326 e. The minimum absolute atomic E-state index is 0.0436. The number of benzene rings is 2. The topological polar surface area (TPSA) is 66.5 Å². The number of anilines is 1. The number of carbonyl (C=O) groups is 1. The zero-order valence-corrected chi connectivity index (χ0v) is 14.7. The average Bonchev–Trinajstić information content (AvgIpc) is 2.56. The van der Waals surface area contributed by atoms with Gasteiger partial charge in [-0.3, -0.25) is 4.79 Å². The smallest absolute Gasteiger partial charge is 0.243 e. The summed E-state index contributed by atoms with van der Waals surface area (Å²) >= 11 is 5.85. The first-order valence-electron chi connectivity index (χ1n) is 7.50. The Morgan fingerprint density at radius 2 is 1.83 bits per heavy atom. The molecule has 1 N–H and O–H groups in total. The summed E-state index contributed by atoms with van der Waals surface area (Å²) in [6.07, 6.45) is 0.919. The van der Waals surface area contributed by atoms with Crippen molar-refractivity contribution >= 4 is 33.2 Å².